The Bertz CT molecular complexity index is 796. The lowest BCUT2D eigenvalue weighted by atomic mass is 9.95. The molecular formula is C18H16N2O2S. The molecule has 1 aromatic heterocycles. The molecular weight excluding hydrogens is 308 g/mol. The van der Waals surface area contributed by atoms with Crippen molar-refractivity contribution in [3.05, 3.63) is 52.7 Å². The zero-order chi connectivity index (χ0) is 16.2. The first kappa shape index (κ1) is 15.6. The van der Waals surface area contributed by atoms with Crippen molar-refractivity contribution >= 4 is 17.7 Å². The molecule has 0 fully saturated rings. The van der Waals surface area contributed by atoms with Crippen LogP contribution in [0.4, 0.5) is 0 Å². The first-order valence-corrected chi connectivity index (χ1v) is 8.32. The topological polar surface area (TPSA) is 63.0 Å². The zero-order valence-electron chi connectivity index (χ0n) is 12.8. The Labute approximate surface area is 139 Å². The highest BCUT2D eigenvalue weighted by Gasteiger charge is 2.18. The number of carbonyl (C=O) groups is 1. The quantitative estimate of drug-likeness (QED) is 0.804. The molecule has 23 heavy (non-hydrogen) atoms. The Kier molecular flexibility index (Phi) is 4.63. The average molecular weight is 324 g/mol. The van der Waals surface area contributed by atoms with E-state index in [1.165, 1.54) is 24.4 Å². The van der Waals surface area contributed by atoms with Crippen LogP contribution in [0.1, 0.15) is 40.0 Å². The summed E-state index contributed by atoms with van der Waals surface area (Å²) in [5, 5.41) is 10.1. The number of hydrogen-bond donors (Lipinski definition) is 0. The summed E-state index contributed by atoms with van der Waals surface area (Å²) in [4.78, 5) is 17.3. The zero-order valence-corrected chi connectivity index (χ0v) is 13.7. The summed E-state index contributed by atoms with van der Waals surface area (Å²) in [6.45, 7) is 0. The fraction of sp³-hybridized carbons (Fsp3) is 0.278. The fourth-order valence-electron chi connectivity index (χ4n) is 2.71. The van der Waals surface area contributed by atoms with Crippen molar-refractivity contribution in [3.63, 3.8) is 0 Å². The predicted octanol–water partition coefficient (Wildman–Crippen LogP) is 3.77. The molecule has 0 saturated heterocycles. The largest absolute Gasteiger partial charge is 0.465 e. The molecule has 5 heteroatoms. The molecule has 1 aliphatic rings. The maximum atomic E-state index is 11.9. The molecule has 116 valence electrons. The molecule has 1 heterocycles. The Hall–Kier alpha value is -2.32. The first-order valence-electron chi connectivity index (χ1n) is 7.51. The molecule has 1 aliphatic carbocycles. The molecule has 0 atom stereocenters. The van der Waals surface area contributed by atoms with Crippen LogP contribution in [0.2, 0.25) is 0 Å². The molecule has 2 aromatic rings. The number of benzene rings is 1. The maximum Gasteiger partial charge on any atom is 0.339 e. The van der Waals surface area contributed by atoms with Crippen molar-refractivity contribution in [3.8, 4) is 6.07 Å². The van der Waals surface area contributed by atoms with Gasteiger partial charge in [0.15, 0.2) is 0 Å². The van der Waals surface area contributed by atoms with Crippen LogP contribution < -0.4 is 0 Å². The van der Waals surface area contributed by atoms with Crippen molar-refractivity contribution in [1.82, 2.24) is 4.98 Å². The number of ether oxygens (including phenoxy) is 1. The van der Waals surface area contributed by atoms with Crippen molar-refractivity contribution < 1.29 is 9.53 Å². The van der Waals surface area contributed by atoms with E-state index >= 15 is 0 Å². The summed E-state index contributed by atoms with van der Waals surface area (Å²) in [6, 6.07) is 11.4. The third-order valence-corrected chi connectivity index (χ3v) is 4.97. The molecule has 1 aromatic carbocycles. The first-order chi connectivity index (χ1) is 11.2. The molecule has 0 aliphatic heterocycles. The van der Waals surface area contributed by atoms with Crippen LogP contribution in [-0.2, 0) is 17.6 Å². The van der Waals surface area contributed by atoms with Crippen LogP contribution in [0.3, 0.4) is 0 Å². The Morgan fingerprint density at radius 1 is 1.30 bits per heavy atom. The van der Waals surface area contributed by atoms with Crippen LogP contribution in [0.25, 0.3) is 0 Å². The standard InChI is InChI=1S/C18H16N2O2S/c1-22-18(21)14-7-3-5-9-16(14)23-17-13(11-19)10-12-6-2-4-8-15(12)20-17/h3,5,7,9-10H,2,4,6,8H2,1H3. The summed E-state index contributed by atoms with van der Waals surface area (Å²) in [7, 11) is 1.36. The van der Waals surface area contributed by atoms with Crippen molar-refractivity contribution in [2.75, 3.05) is 7.11 Å². The second-order valence-corrected chi connectivity index (χ2v) is 6.39. The smallest absolute Gasteiger partial charge is 0.339 e. The van der Waals surface area contributed by atoms with Gasteiger partial charge in [0, 0.05) is 10.6 Å². The predicted molar refractivity (Wildman–Crippen MR) is 87.5 cm³/mol. The number of carbonyl (C=O) groups excluding carboxylic acids is 1. The second-order valence-electron chi connectivity index (χ2n) is 5.36. The van der Waals surface area contributed by atoms with Crippen molar-refractivity contribution in [2.45, 2.75) is 35.6 Å². The molecule has 0 saturated carbocycles. The van der Waals surface area contributed by atoms with Crippen LogP contribution in [0.5, 0.6) is 0 Å². The SMILES string of the molecule is COC(=O)c1ccccc1Sc1nc2c(cc1C#N)CCCC2. The summed E-state index contributed by atoms with van der Waals surface area (Å²) in [5.74, 6) is -0.385. The van der Waals surface area contributed by atoms with Gasteiger partial charge in [-0.05, 0) is 49.4 Å². The molecule has 0 spiro atoms. The fourth-order valence-corrected chi connectivity index (χ4v) is 3.70. The van der Waals surface area contributed by atoms with Gasteiger partial charge in [-0.3, -0.25) is 0 Å². The van der Waals surface area contributed by atoms with Crippen LogP contribution >= 0.6 is 11.8 Å². The van der Waals surface area contributed by atoms with Gasteiger partial charge in [0.2, 0.25) is 0 Å². The number of methoxy groups -OCH3 is 1. The van der Waals surface area contributed by atoms with E-state index in [4.69, 9.17) is 9.72 Å². The van der Waals surface area contributed by atoms with Gasteiger partial charge in [-0.2, -0.15) is 5.26 Å². The molecule has 0 bridgehead atoms. The molecule has 0 unspecified atom stereocenters. The molecule has 3 rings (SSSR count). The van der Waals surface area contributed by atoms with E-state index in [-0.39, 0.29) is 5.97 Å². The highest BCUT2D eigenvalue weighted by atomic mass is 32.2. The van der Waals surface area contributed by atoms with E-state index in [9.17, 15) is 10.1 Å². The van der Waals surface area contributed by atoms with Crippen LogP contribution in [0.15, 0.2) is 40.3 Å². The van der Waals surface area contributed by atoms with Crippen molar-refractivity contribution in [2.24, 2.45) is 0 Å². The summed E-state index contributed by atoms with van der Waals surface area (Å²) in [6.07, 6.45) is 4.22. The number of aryl methyl sites for hydroxylation is 2. The minimum absolute atomic E-state index is 0.385. The lowest BCUT2D eigenvalue weighted by Gasteiger charge is -2.16. The van der Waals surface area contributed by atoms with E-state index in [1.807, 2.05) is 18.2 Å². The van der Waals surface area contributed by atoms with E-state index in [0.29, 0.717) is 16.2 Å². The normalized spacial score (nSPS) is 13.0. The van der Waals surface area contributed by atoms with E-state index in [2.05, 4.69) is 6.07 Å². The average Bonchev–Trinajstić information content (AvgIpc) is 2.61. The summed E-state index contributed by atoms with van der Waals surface area (Å²) < 4.78 is 4.82. The van der Waals surface area contributed by atoms with E-state index < -0.39 is 0 Å². The van der Waals surface area contributed by atoms with Gasteiger partial charge >= 0.3 is 5.97 Å². The Morgan fingerprint density at radius 3 is 2.87 bits per heavy atom. The summed E-state index contributed by atoms with van der Waals surface area (Å²) in [5.41, 5.74) is 3.31. The van der Waals surface area contributed by atoms with Crippen molar-refractivity contribution in [1.29, 1.82) is 5.26 Å². The number of nitriles is 1. The molecule has 0 radical (unpaired) electrons. The number of pyridine rings is 1. The monoisotopic (exact) mass is 324 g/mol. The number of hydrogen-bond acceptors (Lipinski definition) is 5. The summed E-state index contributed by atoms with van der Waals surface area (Å²) >= 11 is 1.35. The third-order valence-electron chi connectivity index (χ3n) is 3.89. The number of rotatable bonds is 3. The Balaban J connectivity index is 2.01. The van der Waals surface area contributed by atoms with Gasteiger partial charge in [-0.1, -0.05) is 23.9 Å². The van der Waals surface area contributed by atoms with Crippen LogP contribution in [0, 0.1) is 11.3 Å². The minimum Gasteiger partial charge on any atom is -0.465 e. The lowest BCUT2D eigenvalue weighted by Crippen LogP contribution is -2.07. The van der Waals surface area contributed by atoms with Gasteiger partial charge < -0.3 is 4.74 Å². The highest BCUT2D eigenvalue weighted by Crippen LogP contribution is 2.34. The number of aromatic nitrogens is 1. The number of fused-ring (bicyclic) bond motifs is 1. The lowest BCUT2D eigenvalue weighted by molar-refractivity contribution is 0.0597. The maximum absolute atomic E-state index is 11.9. The highest BCUT2D eigenvalue weighted by molar-refractivity contribution is 7.99. The van der Waals surface area contributed by atoms with E-state index in [1.54, 1.807) is 12.1 Å². The molecule has 0 amide bonds. The van der Waals surface area contributed by atoms with Crippen LogP contribution in [-0.4, -0.2) is 18.1 Å². The number of nitrogens with zero attached hydrogens (tertiary/aromatic N) is 2. The van der Waals surface area contributed by atoms with Gasteiger partial charge in [-0.15, -0.1) is 0 Å². The van der Waals surface area contributed by atoms with Gasteiger partial charge in [-0.25, -0.2) is 9.78 Å². The van der Waals surface area contributed by atoms with Gasteiger partial charge in [0.25, 0.3) is 0 Å². The molecule has 4 nitrogen and oxygen atoms in total. The Morgan fingerprint density at radius 2 is 2.09 bits per heavy atom. The number of esters is 1. The minimum atomic E-state index is -0.385. The third kappa shape index (κ3) is 3.22. The van der Waals surface area contributed by atoms with E-state index in [0.717, 1.165) is 36.3 Å². The molecule has 0 N–H and O–H groups in total. The van der Waals surface area contributed by atoms with Gasteiger partial charge in [0.1, 0.15) is 11.1 Å². The second kappa shape index (κ2) is 6.84. The van der Waals surface area contributed by atoms with Gasteiger partial charge in [0.05, 0.1) is 18.2 Å².